The standard InChI is InChI=1S/C12H19N3O2/c1-3-15(4-2)14-12(17)9-11(16)10-5-7-13-8-6-10/h5-8,11,16H,3-4,9H2,1-2H3,(H,14,17). The Hall–Kier alpha value is -1.46. The lowest BCUT2D eigenvalue weighted by atomic mass is 10.1. The van der Waals surface area contributed by atoms with Gasteiger partial charge in [0.25, 0.3) is 0 Å². The molecule has 94 valence electrons. The van der Waals surface area contributed by atoms with Crippen LogP contribution in [0.15, 0.2) is 24.5 Å². The number of nitrogens with zero attached hydrogens (tertiary/aromatic N) is 2. The van der Waals surface area contributed by atoms with Gasteiger partial charge in [-0.05, 0) is 17.7 Å². The van der Waals surface area contributed by atoms with Crippen molar-refractivity contribution in [3.05, 3.63) is 30.1 Å². The average molecular weight is 237 g/mol. The molecule has 0 saturated heterocycles. The molecule has 0 aromatic carbocycles. The van der Waals surface area contributed by atoms with Gasteiger partial charge in [0, 0.05) is 25.5 Å². The van der Waals surface area contributed by atoms with Gasteiger partial charge in [-0.25, -0.2) is 5.01 Å². The molecule has 17 heavy (non-hydrogen) atoms. The number of hydrogen-bond acceptors (Lipinski definition) is 4. The van der Waals surface area contributed by atoms with E-state index in [9.17, 15) is 9.90 Å². The third kappa shape index (κ3) is 4.50. The molecule has 1 unspecified atom stereocenters. The van der Waals surface area contributed by atoms with Gasteiger partial charge in [0.15, 0.2) is 0 Å². The Labute approximate surface area is 101 Å². The fraction of sp³-hybridized carbons (Fsp3) is 0.500. The Balaban J connectivity index is 2.46. The monoisotopic (exact) mass is 237 g/mol. The zero-order chi connectivity index (χ0) is 12.7. The van der Waals surface area contributed by atoms with Crippen LogP contribution in [0.3, 0.4) is 0 Å². The van der Waals surface area contributed by atoms with E-state index in [0.717, 1.165) is 13.1 Å². The third-order valence-corrected chi connectivity index (χ3v) is 2.52. The molecule has 0 saturated carbocycles. The summed E-state index contributed by atoms with van der Waals surface area (Å²) in [6.07, 6.45) is 2.47. The lowest BCUT2D eigenvalue weighted by Gasteiger charge is -2.20. The van der Waals surface area contributed by atoms with Crippen molar-refractivity contribution in [1.82, 2.24) is 15.4 Å². The quantitative estimate of drug-likeness (QED) is 0.721. The minimum Gasteiger partial charge on any atom is -0.388 e. The predicted molar refractivity (Wildman–Crippen MR) is 64.9 cm³/mol. The van der Waals surface area contributed by atoms with Gasteiger partial charge in [-0.2, -0.15) is 0 Å². The van der Waals surface area contributed by atoms with E-state index in [4.69, 9.17) is 0 Å². The number of carbonyl (C=O) groups is 1. The van der Waals surface area contributed by atoms with Crippen LogP contribution in [0, 0.1) is 0 Å². The van der Waals surface area contributed by atoms with Crippen LogP contribution in [-0.4, -0.2) is 34.1 Å². The van der Waals surface area contributed by atoms with Crippen molar-refractivity contribution in [2.45, 2.75) is 26.4 Å². The smallest absolute Gasteiger partial charge is 0.237 e. The molecule has 1 aromatic heterocycles. The first kappa shape index (κ1) is 13.6. The van der Waals surface area contributed by atoms with Gasteiger partial charge in [-0.3, -0.25) is 15.2 Å². The Morgan fingerprint density at radius 2 is 2.00 bits per heavy atom. The third-order valence-electron chi connectivity index (χ3n) is 2.52. The number of aliphatic hydroxyl groups is 1. The molecule has 0 bridgehead atoms. The normalized spacial score (nSPS) is 12.5. The molecule has 2 N–H and O–H groups in total. The molecular formula is C12H19N3O2. The molecule has 1 heterocycles. The number of aromatic nitrogens is 1. The van der Waals surface area contributed by atoms with E-state index in [2.05, 4.69) is 10.4 Å². The van der Waals surface area contributed by atoms with Gasteiger partial charge in [-0.1, -0.05) is 13.8 Å². The molecule has 0 aliphatic heterocycles. The summed E-state index contributed by atoms with van der Waals surface area (Å²) >= 11 is 0. The van der Waals surface area contributed by atoms with Crippen molar-refractivity contribution in [2.75, 3.05) is 13.1 Å². The summed E-state index contributed by atoms with van der Waals surface area (Å²) in [4.78, 5) is 15.5. The van der Waals surface area contributed by atoms with E-state index in [1.807, 2.05) is 13.8 Å². The number of carbonyl (C=O) groups excluding carboxylic acids is 1. The highest BCUT2D eigenvalue weighted by molar-refractivity contribution is 5.76. The minimum atomic E-state index is -0.784. The molecule has 0 fully saturated rings. The first-order valence-corrected chi connectivity index (χ1v) is 5.79. The molecule has 1 rings (SSSR count). The summed E-state index contributed by atoms with van der Waals surface area (Å²) < 4.78 is 0. The Bertz CT molecular complexity index is 339. The van der Waals surface area contributed by atoms with Gasteiger partial charge >= 0.3 is 0 Å². The summed E-state index contributed by atoms with van der Waals surface area (Å²) in [6, 6.07) is 3.41. The topological polar surface area (TPSA) is 65.5 Å². The highest BCUT2D eigenvalue weighted by atomic mass is 16.3. The maximum atomic E-state index is 11.6. The van der Waals surface area contributed by atoms with Crippen molar-refractivity contribution < 1.29 is 9.90 Å². The number of rotatable bonds is 6. The van der Waals surface area contributed by atoms with Crippen LogP contribution in [-0.2, 0) is 4.79 Å². The second-order valence-electron chi connectivity index (χ2n) is 3.71. The van der Waals surface area contributed by atoms with Crippen molar-refractivity contribution in [1.29, 1.82) is 0 Å². The Morgan fingerprint density at radius 1 is 1.41 bits per heavy atom. The maximum Gasteiger partial charge on any atom is 0.237 e. The molecule has 0 spiro atoms. The Kier molecular flexibility index (Phi) is 5.59. The number of pyridine rings is 1. The summed E-state index contributed by atoms with van der Waals surface area (Å²) in [6.45, 7) is 5.41. The summed E-state index contributed by atoms with van der Waals surface area (Å²) in [5.41, 5.74) is 3.44. The van der Waals surface area contributed by atoms with E-state index >= 15 is 0 Å². The van der Waals surface area contributed by atoms with E-state index in [0.29, 0.717) is 5.56 Å². The SMILES string of the molecule is CCN(CC)NC(=O)CC(O)c1ccncc1. The largest absolute Gasteiger partial charge is 0.388 e. The van der Waals surface area contributed by atoms with E-state index in [-0.39, 0.29) is 12.3 Å². The molecule has 5 nitrogen and oxygen atoms in total. The fourth-order valence-corrected chi connectivity index (χ4v) is 1.48. The van der Waals surface area contributed by atoms with Crippen LogP contribution in [0.5, 0.6) is 0 Å². The Morgan fingerprint density at radius 3 is 2.53 bits per heavy atom. The highest BCUT2D eigenvalue weighted by Gasteiger charge is 2.13. The van der Waals surface area contributed by atoms with E-state index in [1.165, 1.54) is 0 Å². The summed E-state index contributed by atoms with van der Waals surface area (Å²) in [5.74, 6) is -0.182. The van der Waals surface area contributed by atoms with Crippen LogP contribution >= 0.6 is 0 Å². The van der Waals surface area contributed by atoms with Crippen LogP contribution in [0.2, 0.25) is 0 Å². The lowest BCUT2D eigenvalue weighted by molar-refractivity contribution is -0.127. The molecule has 1 amide bonds. The van der Waals surface area contributed by atoms with Crippen LogP contribution in [0.25, 0.3) is 0 Å². The van der Waals surface area contributed by atoms with Gasteiger partial charge < -0.3 is 5.11 Å². The van der Waals surface area contributed by atoms with Crippen molar-refractivity contribution >= 4 is 5.91 Å². The van der Waals surface area contributed by atoms with Gasteiger partial charge in [0.2, 0.25) is 5.91 Å². The van der Waals surface area contributed by atoms with Crippen LogP contribution in [0.4, 0.5) is 0 Å². The van der Waals surface area contributed by atoms with Crippen LogP contribution in [0.1, 0.15) is 31.9 Å². The van der Waals surface area contributed by atoms with Crippen molar-refractivity contribution in [3.63, 3.8) is 0 Å². The van der Waals surface area contributed by atoms with E-state index in [1.54, 1.807) is 29.5 Å². The molecule has 5 heteroatoms. The second-order valence-corrected chi connectivity index (χ2v) is 3.71. The van der Waals surface area contributed by atoms with Gasteiger partial charge in [0.05, 0.1) is 12.5 Å². The lowest BCUT2D eigenvalue weighted by Crippen LogP contribution is -2.42. The van der Waals surface area contributed by atoms with Crippen LogP contribution < -0.4 is 5.43 Å². The predicted octanol–water partition coefficient (Wildman–Crippen LogP) is 0.878. The number of hydrogen-bond donors (Lipinski definition) is 2. The minimum absolute atomic E-state index is 0.0561. The highest BCUT2D eigenvalue weighted by Crippen LogP contribution is 2.14. The maximum absolute atomic E-state index is 11.6. The zero-order valence-corrected chi connectivity index (χ0v) is 10.3. The number of hydrazine groups is 1. The first-order valence-electron chi connectivity index (χ1n) is 5.79. The molecule has 0 aliphatic carbocycles. The summed E-state index contributed by atoms with van der Waals surface area (Å²) in [5, 5.41) is 11.6. The fourth-order valence-electron chi connectivity index (χ4n) is 1.48. The second kappa shape index (κ2) is 6.98. The summed E-state index contributed by atoms with van der Waals surface area (Å²) in [7, 11) is 0. The van der Waals surface area contributed by atoms with Crippen molar-refractivity contribution in [2.24, 2.45) is 0 Å². The van der Waals surface area contributed by atoms with E-state index < -0.39 is 6.10 Å². The number of amides is 1. The zero-order valence-electron chi connectivity index (χ0n) is 10.3. The molecule has 1 atom stereocenters. The van der Waals surface area contributed by atoms with Crippen molar-refractivity contribution in [3.8, 4) is 0 Å². The first-order chi connectivity index (χ1) is 8.17. The molecular weight excluding hydrogens is 218 g/mol. The molecule has 0 aliphatic rings. The average Bonchev–Trinajstić information content (AvgIpc) is 2.37. The molecule has 1 aromatic rings. The van der Waals surface area contributed by atoms with Gasteiger partial charge in [0.1, 0.15) is 0 Å². The molecule has 0 radical (unpaired) electrons. The number of nitrogens with one attached hydrogen (secondary N) is 1. The van der Waals surface area contributed by atoms with Gasteiger partial charge in [-0.15, -0.1) is 0 Å². The number of aliphatic hydroxyl groups excluding tert-OH is 1.